The molecule has 3 aliphatic rings. The number of rotatable bonds is 3. The van der Waals surface area contributed by atoms with Gasteiger partial charge in [0, 0.05) is 51.2 Å². The summed E-state index contributed by atoms with van der Waals surface area (Å²) < 4.78 is 0. The fraction of sp³-hybridized carbons (Fsp3) is 0.667. The Morgan fingerprint density at radius 3 is 2.41 bits per heavy atom. The van der Waals surface area contributed by atoms with Crippen molar-refractivity contribution in [3.63, 3.8) is 0 Å². The van der Waals surface area contributed by atoms with Crippen molar-refractivity contribution >= 4 is 11.8 Å². The third kappa shape index (κ3) is 4.15. The summed E-state index contributed by atoms with van der Waals surface area (Å²) in [4.78, 5) is 36.0. The maximum absolute atomic E-state index is 12.8. The van der Waals surface area contributed by atoms with Crippen LogP contribution in [0.5, 0.6) is 0 Å². The largest absolute Gasteiger partial charge is 0.342 e. The number of amides is 2. The van der Waals surface area contributed by atoms with E-state index in [1.165, 1.54) is 0 Å². The van der Waals surface area contributed by atoms with Crippen molar-refractivity contribution in [3.8, 4) is 0 Å². The first-order chi connectivity index (χ1) is 13.2. The summed E-state index contributed by atoms with van der Waals surface area (Å²) in [5.74, 6) is 0.635. The van der Waals surface area contributed by atoms with Crippen LogP contribution in [0.1, 0.15) is 48.9 Å². The minimum Gasteiger partial charge on any atom is -0.342 e. The van der Waals surface area contributed by atoms with Crippen molar-refractivity contribution in [3.05, 3.63) is 30.1 Å². The number of nitrogens with zero attached hydrogens (tertiary/aromatic N) is 4. The van der Waals surface area contributed by atoms with Crippen LogP contribution in [-0.2, 0) is 4.79 Å². The van der Waals surface area contributed by atoms with Crippen molar-refractivity contribution in [2.24, 2.45) is 5.92 Å². The third-order valence-electron chi connectivity index (χ3n) is 6.40. The molecule has 3 aliphatic heterocycles. The van der Waals surface area contributed by atoms with E-state index in [-0.39, 0.29) is 11.8 Å². The molecule has 6 nitrogen and oxygen atoms in total. The van der Waals surface area contributed by atoms with Crippen LogP contribution in [0.3, 0.4) is 0 Å². The standard InChI is InChI=1S/C21H30N4O2/c26-20(17-5-3-9-22-15-17)24-13-7-19(8-14-24)25-12-4-6-18(16-25)21(27)23-10-1-2-11-23/h3,5,9,15,18-19H,1-2,4,6-8,10-14,16H2/t18-/m0/s1. The highest BCUT2D eigenvalue weighted by molar-refractivity contribution is 5.93. The predicted molar refractivity (Wildman–Crippen MR) is 103 cm³/mol. The first kappa shape index (κ1) is 18.4. The second-order valence-corrected chi connectivity index (χ2v) is 8.13. The van der Waals surface area contributed by atoms with Crippen molar-refractivity contribution in [2.75, 3.05) is 39.3 Å². The monoisotopic (exact) mass is 370 g/mol. The van der Waals surface area contributed by atoms with E-state index in [0.717, 1.165) is 77.8 Å². The Labute approximate surface area is 161 Å². The lowest BCUT2D eigenvalue weighted by Crippen LogP contribution is -2.51. The van der Waals surface area contributed by atoms with E-state index >= 15 is 0 Å². The minimum atomic E-state index is 0.0854. The third-order valence-corrected chi connectivity index (χ3v) is 6.40. The van der Waals surface area contributed by atoms with E-state index in [1.807, 2.05) is 17.0 Å². The van der Waals surface area contributed by atoms with Gasteiger partial charge in [0.1, 0.15) is 0 Å². The van der Waals surface area contributed by atoms with Gasteiger partial charge < -0.3 is 9.80 Å². The number of hydrogen-bond donors (Lipinski definition) is 0. The minimum absolute atomic E-state index is 0.0854. The molecule has 1 aromatic heterocycles. The fourth-order valence-electron chi connectivity index (χ4n) is 4.84. The van der Waals surface area contributed by atoms with E-state index in [2.05, 4.69) is 14.8 Å². The maximum Gasteiger partial charge on any atom is 0.255 e. The Kier molecular flexibility index (Phi) is 5.72. The van der Waals surface area contributed by atoms with Crippen LogP contribution >= 0.6 is 0 Å². The Balaban J connectivity index is 1.30. The van der Waals surface area contributed by atoms with Gasteiger partial charge in [-0.2, -0.15) is 0 Å². The number of pyridine rings is 1. The lowest BCUT2D eigenvalue weighted by molar-refractivity contribution is -0.136. The van der Waals surface area contributed by atoms with Crippen molar-refractivity contribution in [1.82, 2.24) is 19.7 Å². The molecule has 1 atom stereocenters. The van der Waals surface area contributed by atoms with Gasteiger partial charge in [0.05, 0.1) is 11.5 Å². The van der Waals surface area contributed by atoms with Gasteiger partial charge in [0.15, 0.2) is 0 Å². The lowest BCUT2D eigenvalue weighted by Gasteiger charge is -2.42. The molecule has 0 aliphatic carbocycles. The van der Waals surface area contributed by atoms with Crippen molar-refractivity contribution < 1.29 is 9.59 Å². The van der Waals surface area contributed by atoms with Crippen molar-refractivity contribution in [2.45, 2.75) is 44.6 Å². The van der Waals surface area contributed by atoms with E-state index in [4.69, 9.17) is 0 Å². The van der Waals surface area contributed by atoms with Gasteiger partial charge in [-0.1, -0.05) is 0 Å². The van der Waals surface area contributed by atoms with Crippen LogP contribution in [0.15, 0.2) is 24.5 Å². The highest BCUT2D eigenvalue weighted by Crippen LogP contribution is 2.26. The van der Waals surface area contributed by atoms with Gasteiger partial charge in [-0.15, -0.1) is 0 Å². The van der Waals surface area contributed by atoms with Gasteiger partial charge in [-0.05, 0) is 57.2 Å². The van der Waals surface area contributed by atoms with E-state index in [9.17, 15) is 9.59 Å². The van der Waals surface area contributed by atoms with Gasteiger partial charge in [-0.25, -0.2) is 0 Å². The molecule has 3 saturated heterocycles. The normalized spacial score (nSPS) is 25.0. The summed E-state index contributed by atoms with van der Waals surface area (Å²) in [7, 11) is 0. The summed E-state index contributed by atoms with van der Waals surface area (Å²) in [5.41, 5.74) is 0.671. The van der Waals surface area contributed by atoms with Crippen LogP contribution in [0.4, 0.5) is 0 Å². The highest BCUT2D eigenvalue weighted by atomic mass is 16.2. The topological polar surface area (TPSA) is 56.8 Å². The number of carbonyl (C=O) groups is 2. The first-order valence-corrected chi connectivity index (χ1v) is 10.4. The van der Waals surface area contributed by atoms with E-state index < -0.39 is 0 Å². The molecule has 0 spiro atoms. The number of carbonyl (C=O) groups excluding carboxylic acids is 2. The Hall–Kier alpha value is -1.95. The number of aromatic nitrogens is 1. The van der Waals surface area contributed by atoms with Gasteiger partial charge in [0.2, 0.25) is 5.91 Å². The van der Waals surface area contributed by atoms with Crippen molar-refractivity contribution in [1.29, 1.82) is 0 Å². The number of piperidine rings is 2. The smallest absolute Gasteiger partial charge is 0.255 e. The maximum atomic E-state index is 12.8. The molecule has 146 valence electrons. The summed E-state index contributed by atoms with van der Waals surface area (Å²) in [6.07, 6.45) is 9.79. The molecule has 4 rings (SSSR count). The van der Waals surface area contributed by atoms with Crippen LogP contribution in [0, 0.1) is 5.92 Å². The van der Waals surface area contributed by atoms with Crippen LogP contribution in [0.25, 0.3) is 0 Å². The average Bonchev–Trinajstić information content (AvgIpc) is 3.28. The average molecular weight is 370 g/mol. The molecule has 0 N–H and O–H groups in total. The zero-order valence-corrected chi connectivity index (χ0v) is 16.1. The van der Waals surface area contributed by atoms with Crippen LogP contribution in [0.2, 0.25) is 0 Å². The second-order valence-electron chi connectivity index (χ2n) is 8.13. The molecule has 6 heteroatoms. The summed E-state index contributed by atoms with van der Waals surface area (Å²) >= 11 is 0. The highest BCUT2D eigenvalue weighted by Gasteiger charge is 2.34. The molecule has 0 bridgehead atoms. The van der Waals surface area contributed by atoms with Crippen LogP contribution in [-0.4, -0.2) is 76.8 Å². The molecule has 2 amide bonds. The predicted octanol–water partition coefficient (Wildman–Crippen LogP) is 2.02. The molecule has 0 unspecified atom stereocenters. The SMILES string of the molecule is O=C(c1cccnc1)N1CCC(N2CCC[C@H](C(=O)N3CCCC3)C2)CC1. The number of likely N-dealkylation sites (tertiary alicyclic amines) is 3. The van der Waals surface area contributed by atoms with Crippen LogP contribution < -0.4 is 0 Å². The molecule has 0 radical (unpaired) electrons. The molecular formula is C21H30N4O2. The number of hydrogen-bond acceptors (Lipinski definition) is 4. The molecule has 3 fully saturated rings. The van der Waals surface area contributed by atoms with Gasteiger partial charge in [0.25, 0.3) is 5.91 Å². The summed E-state index contributed by atoms with van der Waals surface area (Å²) in [6, 6.07) is 4.14. The van der Waals surface area contributed by atoms with Gasteiger partial charge in [-0.3, -0.25) is 19.5 Å². The first-order valence-electron chi connectivity index (χ1n) is 10.4. The molecule has 27 heavy (non-hydrogen) atoms. The second kappa shape index (κ2) is 8.38. The van der Waals surface area contributed by atoms with E-state index in [0.29, 0.717) is 17.5 Å². The van der Waals surface area contributed by atoms with Gasteiger partial charge >= 0.3 is 0 Å². The zero-order chi connectivity index (χ0) is 18.6. The Morgan fingerprint density at radius 1 is 0.926 bits per heavy atom. The van der Waals surface area contributed by atoms with E-state index in [1.54, 1.807) is 12.4 Å². The molecule has 0 aromatic carbocycles. The molecule has 4 heterocycles. The fourth-order valence-corrected chi connectivity index (χ4v) is 4.84. The molecule has 1 aromatic rings. The Bertz CT molecular complexity index is 651. The summed E-state index contributed by atoms with van der Waals surface area (Å²) in [6.45, 7) is 5.47. The quantitative estimate of drug-likeness (QED) is 0.817. The summed E-state index contributed by atoms with van der Waals surface area (Å²) in [5, 5.41) is 0. The lowest BCUT2D eigenvalue weighted by atomic mass is 9.92. The zero-order valence-electron chi connectivity index (χ0n) is 16.1. The molecule has 0 saturated carbocycles. The molecular weight excluding hydrogens is 340 g/mol. The Morgan fingerprint density at radius 2 is 1.70 bits per heavy atom.